The van der Waals surface area contributed by atoms with Crippen molar-refractivity contribution in [3.05, 3.63) is 23.8 Å². The zero-order valence-corrected chi connectivity index (χ0v) is 22.1. The molecule has 1 atom stereocenters. The summed E-state index contributed by atoms with van der Waals surface area (Å²) in [4.78, 5) is 11.5. The SMILES string of the molecule is CC(C)(C)[Si](C)(C)Oc1ccc(C[C@H]2CCC(=O)O2)c(O[Si](C)(C)C(C)(C)C)c1. The van der Waals surface area contributed by atoms with Crippen LogP contribution in [-0.2, 0) is 16.0 Å². The van der Waals surface area contributed by atoms with Crippen molar-refractivity contribution >= 4 is 22.6 Å². The fourth-order valence-corrected chi connectivity index (χ4v) is 4.78. The summed E-state index contributed by atoms with van der Waals surface area (Å²) in [5.74, 6) is 1.66. The molecule has 0 aliphatic carbocycles. The van der Waals surface area contributed by atoms with E-state index in [0.29, 0.717) is 12.8 Å². The van der Waals surface area contributed by atoms with Gasteiger partial charge in [-0.15, -0.1) is 0 Å². The Balaban J connectivity index is 2.37. The molecule has 4 nitrogen and oxygen atoms in total. The van der Waals surface area contributed by atoms with Crippen LogP contribution in [-0.4, -0.2) is 28.7 Å². The van der Waals surface area contributed by atoms with Crippen LogP contribution in [0.5, 0.6) is 11.5 Å². The van der Waals surface area contributed by atoms with E-state index in [2.05, 4.69) is 79.9 Å². The first-order valence-corrected chi connectivity index (χ1v) is 16.5. The number of hydrogen-bond donors (Lipinski definition) is 0. The lowest BCUT2D eigenvalue weighted by Crippen LogP contribution is -2.44. The molecular formula is C23H40O4Si2. The van der Waals surface area contributed by atoms with Gasteiger partial charge in [-0.2, -0.15) is 0 Å². The van der Waals surface area contributed by atoms with E-state index >= 15 is 0 Å². The van der Waals surface area contributed by atoms with Crippen LogP contribution in [0.2, 0.25) is 36.3 Å². The van der Waals surface area contributed by atoms with Gasteiger partial charge < -0.3 is 13.6 Å². The molecule has 1 aromatic carbocycles. The highest BCUT2D eigenvalue weighted by atomic mass is 28.4. The fraction of sp³-hybridized carbons (Fsp3) is 0.696. The van der Waals surface area contributed by atoms with E-state index in [4.69, 9.17) is 13.6 Å². The second-order valence-electron chi connectivity index (χ2n) is 11.3. The molecule has 0 aromatic heterocycles. The summed E-state index contributed by atoms with van der Waals surface area (Å²) >= 11 is 0. The number of rotatable bonds is 6. The van der Waals surface area contributed by atoms with Gasteiger partial charge in [0, 0.05) is 18.9 Å². The largest absolute Gasteiger partial charge is 0.543 e. The van der Waals surface area contributed by atoms with Gasteiger partial charge in [0.25, 0.3) is 0 Å². The van der Waals surface area contributed by atoms with Gasteiger partial charge in [0.2, 0.25) is 16.6 Å². The molecule has 1 aliphatic rings. The van der Waals surface area contributed by atoms with Crippen LogP contribution in [0.25, 0.3) is 0 Å². The first-order chi connectivity index (χ1) is 13.0. The molecule has 1 fully saturated rings. The van der Waals surface area contributed by atoms with E-state index in [1.807, 2.05) is 6.07 Å². The molecule has 0 spiro atoms. The third kappa shape index (κ3) is 5.88. The average molecular weight is 437 g/mol. The molecule has 1 saturated heterocycles. The monoisotopic (exact) mass is 436 g/mol. The number of esters is 1. The zero-order valence-electron chi connectivity index (χ0n) is 20.1. The molecule has 164 valence electrons. The average Bonchev–Trinajstić information content (AvgIpc) is 2.92. The minimum atomic E-state index is -2.02. The van der Waals surface area contributed by atoms with Crippen molar-refractivity contribution in [1.29, 1.82) is 0 Å². The highest BCUT2D eigenvalue weighted by Gasteiger charge is 2.41. The fourth-order valence-electron chi connectivity index (χ4n) is 2.71. The van der Waals surface area contributed by atoms with Crippen LogP contribution in [0.1, 0.15) is 59.9 Å². The topological polar surface area (TPSA) is 44.8 Å². The summed E-state index contributed by atoms with van der Waals surface area (Å²) in [5.41, 5.74) is 1.09. The molecule has 29 heavy (non-hydrogen) atoms. The minimum Gasteiger partial charge on any atom is -0.543 e. The van der Waals surface area contributed by atoms with E-state index in [1.165, 1.54) is 0 Å². The van der Waals surface area contributed by atoms with Gasteiger partial charge in [-0.1, -0.05) is 47.6 Å². The van der Waals surface area contributed by atoms with Gasteiger partial charge in [0.1, 0.15) is 17.6 Å². The maximum absolute atomic E-state index is 11.5. The van der Waals surface area contributed by atoms with E-state index in [9.17, 15) is 4.79 Å². The number of cyclic esters (lactones) is 1. The van der Waals surface area contributed by atoms with Gasteiger partial charge in [-0.05, 0) is 54.3 Å². The van der Waals surface area contributed by atoms with Crippen LogP contribution in [0.15, 0.2) is 18.2 Å². The Labute approximate surface area is 179 Å². The number of benzene rings is 1. The highest BCUT2D eigenvalue weighted by molar-refractivity contribution is 6.75. The number of ether oxygens (including phenoxy) is 1. The highest BCUT2D eigenvalue weighted by Crippen LogP contribution is 2.41. The van der Waals surface area contributed by atoms with E-state index in [1.54, 1.807) is 0 Å². The Kier molecular flexibility index (Phi) is 6.70. The van der Waals surface area contributed by atoms with E-state index in [-0.39, 0.29) is 22.1 Å². The lowest BCUT2D eigenvalue weighted by atomic mass is 10.0. The van der Waals surface area contributed by atoms with E-state index in [0.717, 1.165) is 23.5 Å². The number of carbonyl (C=O) groups excluding carboxylic acids is 1. The Morgan fingerprint density at radius 3 is 2.00 bits per heavy atom. The first-order valence-electron chi connectivity index (χ1n) is 10.7. The molecule has 0 N–H and O–H groups in total. The molecule has 0 saturated carbocycles. The Morgan fingerprint density at radius 2 is 1.52 bits per heavy atom. The smallest absolute Gasteiger partial charge is 0.306 e. The third-order valence-corrected chi connectivity index (χ3v) is 15.5. The maximum atomic E-state index is 11.5. The van der Waals surface area contributed by atoms with Crippen molar-refractivity contribution in [2.75, 3.05) is 0 Å². The number of carbonyl (C=O) groups is 1. The molecule has 1 heterocycles. The second kappa shape index (κ2) is 8.10. The van der Waals surface area contributed by atoms with Crippen LogP contribution in [0, 0.1) is 0 Å². The minimum absolute atomic E-state index is 0.0589. The molecular weight excluding hydrogens is 396 g/mol. The standard InChI is InChI=1S/C23H40O4Si2/c1-22(2,3)28(7,8)26-19-12-11-17(15-18-13-14-21(24)25-18)20(16-19)27-29(9,10)23(4,5)6/h11-12,16,18H,13-15H2,1-10H3/t18-/m1/s1. The molecule has 0 unspecified atom stereocenters. The molecule has 1 aromatic rings. The van der Waals surface area contributed by atoms with Gasteiger partial charge in [0.05, 0.1) is 0 Å². The number of hydrogen-bond acceptors (Lipinski definition) is 4. The van der Waals surface area contributed by atoms with Gasteiger partial charge in [-0.3, -0.25) is 4.79 Å². The maximum Gasteiger partial charge on any atom is 0.306 e. The molecule has 0 radical (unpaired) electrons. The normalized spacial score (nSPS) is 18.6. The summed E-state index contributed by atoms with van der Waals surface area (Å²) in [6, 6.07) is 6.20. The second-order valence-corrected chi connectivity index (χ2v) is 20.8. The Bertz CT molecular complexity index is 742. The summed E-state index contributed by atoms with van der Waals surface area (Å²) < 4.78 is 18.7. The summed E-state index contributed by atoms with van der Waals surface area (Å²) in [7, 11) is -3.96. The van der Waals surface area contributed by atoms with Gasteiger partial charge in [0.15, 0.2) is 0 Å². The van der Waals surface area contributed by atoms with Crippen molar-refractivity contribution < 1.29 is 18.4 Å². The lowest BCUT2D eigenvalue weighted by Gasteiger charge is -2.38. The van der Waals surface area contributed by atoms with Crippen LogP contribution < -0.4 is 8.85 Å². The molecule has 1 aliphatic heterocycles. The van der Waals surface area contributed by atoms with Crippen molar-refractivity contribution in [2.45, 2.75) is 103 Å². The van der Waals surface area contributed by atoms with Gasteiger partial charge >= 0.3 is 5.97 Å². The van der Waals surface area contributed by atoms with Crippen molar-refractivity contribution in [1.82, 2.24) is 0 Å². The predicted molar refractivity (Wildman–Crippen MR) is 125 cm³/mol. The Morgan fingerprint density at radius 1 is 0.966 bits per heavy atom. The van der Waals surface area contributed by atoms with Crippen LogP contribution in [0.3, 0.4) is 0 Å². The Hall–Kier alpha value is -1.28. The first kappa shape index (κ1) is 24.0. The van der Waals surface area contributed by atoms with Crippen molar-refractivity contribution in [3.8, 4) is 11.5 Å². The zero-order chi connectivity index (χ0) is 22.3. The van der Waals surface area contributed by atoms with E-state index < -0.39 is 16.6 Å². The predicted octanol–water partition coefficient (Wildman–Crippen LogP) is 6.70. The van der Waals surface area contributed by atoms with Crippen molar-refractivity contribution in [2.24, 2.45) is 0 Å². The molecule has 6 heteroatoms. The van der Waals surface area contributed by atoms with Crippen LogP contribution >= 0.6 is 0 Å². The van der Waals surface area contributed by atoms with Crippen molar-refractivity contribution in [3.63, 3.8) is 0 Å². The summed E-state index contributed by atoms with van der Waals surface area (Å²) in [5, 5.41) is 0.227. The lowest BCUT2D eigenvalue weighted by molar-refractivity contribution is -0.141. The summed E-state index contributed by atoms with van der Waals surface area (Å²) in [6.45, 7) is 22.5. The van der Waals surface area contributed by atoms with Gasteiger partial charge in [-0.25, -0.2) is 0 Å². The quantitative estimate of drug-likeness (QED) is 0.367. The molecule has 0 amide bonds. The summed E-state index contributed by atoms with van der Waals surface area (Å²) in [6.07, 6.45) is 1.92. The molecule has 0 bridgehead atoms. The third-order valence-electron chi connectivity index (χ3n) is 6.81. The molecule has 2 rings (SSSR count). The van der Waals surface area contributed by atoms with Crippen LogP contribution in [0.4, 0.5) is 0 Å².